The van der Waals surface area contributed by atoms with E-state index < -0.39 is 6.10 Å². The largest absolute Gasteiger partial charge is 0.387 e. The SMILES string of the molecule is Cc1cc(C)c(CC(O)c2cc(Br)c(Br)s2)c(C)c1. The van der Waals surface area contributed by atoms with E-state index in [1.807, 2.05) is 6.07 Å². The van der Waals surface area contributed by atoms with Crippen LogP contribution in [0.25, 0.3) is 0 Å². The van der Waals surface area contributed by atoms with E-state index in [2.05, 4.69) is 64.8 Å². The zero-order valence-corrected chi connectivity index (χ0v) is 15.1. The molecule has 0 aliphatic carbocycles. The second-order valence-electron chi connectivity index (χ2n) is 4.87. The highest BCUT2D eigenvalue weighted by Gasteiger charge is 2.16. The minimum atomic E-state index is -0.451. The molecule has 0 radical (unpaired) electrons. The molecule has 102 valence electrons. The Balaban J connectivity index is 2.26. The van der Waals surface area contributed by atoms with Crippen molar-refractivity contribution in [1.29, 1.82) is 0 Å². The number of aliphatic hydroxyl groups is 1. The molecule has 1 nitrogen and oxygen atoms in total. The van der Waals surface area contributed by atoms with Gasteiger partial charge in [-0.05, 0) is 75.4 Å². The van der Waals surface area contributed by atoms with Crippen molar-refractivity contribution >= 4 is 43.2 Å². The fourth-order valence-corrected chi connectivity index (χ4v) is 4.43. The van der Waals surface area contributed by atoms with E-state index in [1.165, 1.54) is 22.3 Å². The summed E-state index contributed by atoms with van der Waals surface area (Å²) in [6, 6.07) is 6.34. The molecule has 1 heterocycles. The van der Waals surface area contributed by atoms with Gasteiger partial charge >= 0.3 is 0 Å². The number of benzene rings is 1. The average molecular weight is 404 g/mol. The van der Waals surface area contributed by atoms with Crippen molar-refractivity contribution in [2.75, 3.05) is 0 Å². The van der Waals surface area contributed by atoms with E-state index in [1.54, 1.807) is 11.3 Å². The van der Waals surface area contributed by atoms with Gasteiger partial charge < -0.3 is 5.11 Å². The lowest BCUT2D eigenvalue weighted by atomic mass is 9.95. The Hall–Kier alpha value is -0.160. The molecule has 0 fully saturated rings. The number of rotatable bonds is 3. The lowest BCUT2D eigenvalue weighted by Crippen LogP contribution is -2.04. The fraction of sp³-hybridized carbons (Fsp3) is 0.333. The summed E-state index contributed by atoms with van der Waals surface area (Å²) in [5.74, 6) is 0. The summed E-state index contributed by atoms with van der Waals surface area (Å²) < 4.78 is 2.03. The van der Waals surface area contributed by atoms with Crippen LogP contribution in [-0.4, -0.2) is 5.11 Å². The number of thiophene rings is 1. The van der Waals surface area contributed by atoms with Crippen LogP contribution in [0.3, 0.4) is 0 Å². The maximum Gasteiger partial charge on any atom is 0.0923 e. The summed E-state index contributed by atoms with van der Waals surface area (Å²) in [7, 11) is 0. The number of hydrogen-bond acceptors (Lipinski definition) is 2. The van der Waals surface area contributed by atoms with Crippen LogP contribution in [-0.2, 0) is 6.42 Å². The molecule has 0 amide bonds. The highest BCUT2D eigenvalue weighted by atomic mass is 79.9. The van der Waals surface area contributed by atoms with E-state index in [0.29, 0.717) is 6.42 Å². The first kappa shape index (κ1) is 15.2. The number of hydrogen-bond donors (Lipinski definition) is 1. The van der Waals surface area contributed by atoms with Gasteiger partial charge in [-0.2, -0.15) is 0 Å². The number of halogens is 2. The van der Waals surface area contributed by atoms with E-state index in [0.717, 1.165) is 13.1 Å². The summed E-state index contributed by atoms with van der Waals surface area (Å²) in [6.07, 6.45) is 0.213. The zero-order valence-electron chi connectivity index (χ0n) is 11.1. The topological polar surface area (TPSA) is 20.2 Å². The molecule has 0 saturated heterocycles. The molecular formula is C15H16Br2OS. The first-order valence-corrected chi connectivity index (χ1v) is 8.48. The first-order valence-electron chi connectivity index (χ1n) is 6.08. The molecule has 1 N–H and O–H groups in total. The van der Waals surface area contributed by atoms with Crippen LogP contribution in [0.1, 0.15) is 33.2 Å². The molecule has 0 saturated carbocycles. The van der Waals surface area contributed by atoms with Crippen molar-refractivity contribution in [3.8, 4) is 0 Å². The Bertz CT molecular complexity index is 562. The fourth-order valence-electron chi connectivity index (χ4n) is 2.35. The molecule has 1 aromatic carbocycles. The summed E-state index contributed by atoms with van der Waals surface area (Å²) in [4.78, 5) is 0.984. The molecule has 1 atom stereocenters. The first-order chi connectivity index (χ1) is 8.88. The van der Waals surface area contributed by atoms with E-state index in [9.17, 15) is 5.11 Å². The molecule has 0 aliphatic rings. The molecule has 2 aromatic rings. The lowest BCUT2D eigenvalue weighted by molar-refractivity contribution is 0.182. The van der Waals surface area contributed by atoms with Crippen molar-refractivity contribution in [2.45, 2.75) is 33.3 Å². The van der Waals surface area contributed by atoms with Crippen molar-refractivity contribution < 1.29 is 5.11 Å². The van der Waals surface area contributed by atoms with Crippen LogP contribution in [0.4, 0.5) is 0 Å². The Labute approximate surface area is 134 Å². The van der Waals surface area contributed by atoms with Gasteiger partial charge in [0.25, 0.3) is 0 Å². The van der Waals surface area contributed by atoms with Crippen molar-refractivity contribution in [3.63, 3.8) is 0 Å². The maximum absolute atomic E-state index is 10.4. The molecule has 0 bridgehead atoms. The Morgan fingerprint density at radius 2 is 1.68 bits per heavy atom. The van der Waals surface area contributed by atoms with Crippen LogP contribution in [0, 0.1) is 20.8 Å². The number of aryl methyl sites for hydroxylation is 3. The van der Waals surface area contributed by atoms with Gasteiger partial charge in [0.1, 0.15) is 0 Å². The monoisotopic (exact) mass is 402 g/mol. The van der Waals surface area contributed by atoms with E-state index in [4.69, 9.17) is 0 Å². The van der Waals surface area contributed by atoms with Gasteiger partial charge in [0.2, 0.25) is 0 Å². The summed E-state index contributed by atoms with van der Waals surface area (Å²) in [6.45, 7) is 6.33. The summed E-state index contributed by atoms with van der Waals surface area (Å²) >= 11 is 8.51. The normalized spacial score (nSPS) is 12.7. The van der Waals surface area contributed by atoms with Crippen molar-refractivity contribution in [3.05, 3.63) is 53.6 Å². The lowest BCUT2D eigenvalue weighted by Gasteiger charge is -2.14. The van der Waals surface area contributed by atoms with Crippen molar-refractivity contribution in [1.82, 2.24) is 0 Å². The van der Waals surface area contributed by atoms with Gasteiger partial charge in [0.15, 0.2) is 0 Å². The van der Waals surface area contributed by atoms with Gasteiger partial charge in [-0.1, -0.05) is 17.7 Å². The summed E-state index contributed by atoms with van der Waals surface area (Å²) in [5, 5.41) is 10.4. The van der Waals surface area contributed by atoms with Gasteiger partial charge in [0, 0.05) is 15.8 Å². The second-order valence-corrected chi connectivity index (χ2v) is 8.12. The maximum atomic E-state index is 10.4. The molecular weight excluding hydrogens is 388 g/mol. The second kappa shape index (κ2) is 6.08. The Morgan fingerprint density at radius 3 is 2.16 bits per heavy atom. The molecule has 2 rings (SSSR count). The number of aliphatic hydroxyl groups excluding tert-OH is 1. The molecule has 1 aromatic heterocycles. The Kier molecular flexibility index (Phi) is 4.88. The third-order valence-corrected chi connectivity index (χ3v) is 6.59. The standard InChI is InChI=1S/C15H16Br2OS/c1-8-4-9(2)11(10(3)5-8)6-13(18)14-7-12(16)15(17)19-14/h4-5,7,13,18H,6H2,1-3H3. The van der Waals surface area contributed by atoms with Crippen LogP contribution < -0.4 is 0 Å². The minimum absolute atomic E-state index is 0.451. The highest BCUT2D eigenvalue weighted by molar-refractivity contribution is 9.13. The smallest absolute Gasteiger partial charge is 0.0923 e. The van der Waals surface area contributed by atoms with Gasteiger partial charge in [-0.15, -0.1) is 11.3 Å². The van der Waals surface area contributed by atoms with Crippen LogP contribution in [0.2, 0.25) is 0 Å². The van der Waals surface area contributed by atoms with Crippen LogP contribution >= 0.6 is 43.2 Å². The third-order valence-electron chi connectivity index (χ3n) is 3.23. The van der Waals surface area contributed by atoms with E-state index in [-0.39, 0.29) is 0 Å². The van der Waals surface area contributed by atoms with Crippen molar-refractivity contribution in [2.24, 2.45) is 0 Å². The van der Waals surface area contributed by atoms with Gasteiger partial charge in [-0.3, -0.25) is 0 Å². The molecule has 1 unspecified atom stereocenters. The third kappa shape index (κ3) is 3.48. The van der Waals surface area contributed by atoms with Crippen LogP contribution in [0.5, 0.6) is 0 Å². The zero-order chi connectivity index (χ0) is 14.2. The highest BCUT2D eigenvalue weighted by Crippen LogP contribution is 2.37. The Morgan fingerprint density at radius 1 is 1.11 bits per heavy atom. The molecule has 19 heavy (non-hydrogen) atoms. The average Bonchev–Trinajstić information content (AvgIpc) is 2.64. The predicted octanol–water partition coefficient (Wildman–Crippen LogP) is 5.47. The molecule has 0 spiro atoms. The van der Waals surface area contributed by atoms with E-state index >= 15 is 0 Å². The van der Waals surface area contributed by atoms with Crippen LogP contribution in [0.15, 0.2) is 26.5 Å². The molecule has 4 heteroatoms. The quantitative estimate of drug-likeness (QED) is 0.719. The van der Waals surface area contributed by atoms with Gasteiger partial charge in [0.05, 0.1) is 9.89 Å². The minimum Gasteiger partial charge on any atom is -0.387 e. The predicted molar refractivity (Wildman–Crippen MR) is 89.0 cm³/mol. The summed E-state index contributed by atoms with van der Waals surface area (Å²) in [5.41, 5.74) is 5.03. The molecule has 0 aliphatic heterocycles. The van der Waals surface area contributed by atoms with Gasteiger partial charge in [-0.25, -0.2) is 0 Å².